The lowest BCUT2D eigenvalue weighted by atomic mass is 10.3. The third-order valence-corrected chi connectivity index (χ3v) is 2.46. The van der Waals surface area contributed by atoms with Gasteiger partial charge in [0, 0.05) is 23.5 Å². The number of benzene rings is 2. The summed E-state index contributed by atoms with van der Waals surface area (Å²) in [6.07, 6.45) is 0. The fourth-order valence-electron chi connectivity index (χ4n) is 1.67. The number of carbonyl (C=O) groups is 1. The van der Waals surface area contributed by atoms with E-state index in [0.29, 0.717) is 12.1 Å². The molecule has 0 spiro atoms. The maximum Gasteiger partial charge on any atom is 0.243 e. The topological polar surface area (TPSA) is 41.1 Å². The van der Waals surface area contributed by atoms with Crippen molar-refractivity contribution in [1.29, 1.82) is 0 Å². The molecule has 0 heterocycles. The van der Waals surface area contributed by atoms with Gasteiger partial charge in [-0.3, -0.25) is 4.79 Å². The molecule has 110 valence electrons. The molecule has 0 radical (unpaired) electrons. The van der Waals surface area contributed by atoms with Gasteiger partial charge in [0.2, 0.25) is 5.91 Å². The Balaban J connectivity index is 1.95. The lowest BCUT2D eigenvalue weighted by Gasteiger charge is -2.08. The van der Waals surface area contributed by atoms with Gasteiger partial charge in [0.15, 0.2) is 0 Å². The van der Waals surface area contributed by atoms with E-state index in [-0.39, 0.29) is 17.9 Å². The van der Waals surface area contributed by atoms with Crippen LogP contribution in [0.2, 0.25) is 0 Å². The second-order valence-electron chi connectivity index (χ2n) is 4.22. The summed E-state index contributed by atoms with van der Waals surface area (Å²) < 4.78 is 51.7. The molecule has 1 amide bonds. The molecule has 0 aliphatic heterocycles. The number of nitrogens with one attached hydrogen (secondary N) is 2. The van der Waals surface area contributed by atoms with Crippen molar-refractivity contribution in [2.24, 2.45) is 0 Å². The standard InChI is InChI=1S/C14H10F4N2O/c15-8-1-9(16)4-12(3-8)19-7-14(21)20-13-5-10(17)2-11(18)6-13/h1-6,19H,7H2,(H,20,21). The molecule has 0 saturated carbocycles. The Labute approximate surface area is 117 Å². The SMILES string of the molecule is O=C(CNc1cc(F)cc(F)c1)Nc1cc(F)cc(F)c1. The van der Waals surface area contributed by atoms with Gasteiger partial charge < -0.3 is 10.6 Å². The normalized spacial score (nSPS) is 10.3. The van der Waals surface area contributed by atoms with Gasteiger partial charge in [-0.2, -0.15) is 0 Å². The average molecular weight is 298 g/mol. The Bertz CT molecular complexity index is 636. The van der Waals surface area contributed by atoms with E-state index in [9.17, 15) is 22.4 Å². The van der Waals surface area contributed by atoms with Crippen molar-refractivity contribution in [1.82, 2.24) is 0 Å². The molecule has 0 aliphatic rings. The molecule has 0 atom stereocenters. The van der Waals surface area contributed by atoms with E-state index in [1.54, 1.807) is 0 Å². The third-order valence-electron chi connectivity index (χ3n) is 2.46. The van der Waals surface area contributed by atoms with E-state index in [2.05, 4.69) is 10.6 Å². The van der Waals surface area contributed by atoms with Crippen molar-refractivity contribution in [2.75, 3.05) is 17.2 Å². The molecule has 2 N–H and O–H groups in total. The highest BCUT2D eigenvalue weighted by molar-refractivity contribution is 5.93. The maximum atomic E-state index is 12.9. The lowest BCUT2D eigenvalue weighted by molar-refractivity contribution is -0.114. The minimum Gasteiger partial charge on any atom is -0.376 e. The molecule has 2 aromatic rings. The van der Waals surface area contributed by atoms with Crippen molar-refractivity contribution >= 4 is 17.3 Å². The fraction of sp³-hybridized carbons (Fsp3) is 0.0714. The Morgan fingerprint density at radius 1 is 0.762 bits per heavy atom. The van der Waals surface area contributed by atoms with Crippen LogP contribution in [0.15, 0.2) is 36.4 Å². The Kier molecular flexibility index (Phi) is 4.42. The van der Waals surface area contributed by atoms with E-state index in [0.717, 1.165) is 24.3 Å². The van der Waals surface area contributed by atoms with Crippen molar-refractivity contribution in [3.05, 3.63) is 59.7 Å². The van der Waals surface area contributed by atoms with Gasteiger partial charge in [-0.15, -0.1) is 0 Å². The minimum atomic E-state index is -0.828. The van der Waals surface area contributed by atoms with Crippen molar-refractivity contribution in [2.45, 2.75) is 0 Å². The first-order valence-electron chi connectivity index (χ1n) is 5.88. The number of halogens is 4. The molecular weight excluding hydrogens is 288 g/mol. The zero-order chi connectivity index (χ0) is 15.4. The van der Waals surface area contributed by atoms with E-state index in [1.165, 1.54) is 0 Å². The summed E-state index contributed by atoms with van der Waals surface area (Å²) in [5.41, 5.74) is 0.0257. The maximum absolute atomic E-state index is 12.9. The van der Waals surface area contributed by atoms with Gasteiger partial charge in [-0.05, 0) is 24.3 Å². The van der Waals surface area contributed by atoms with Crippen molar-refractivity contribution in [3.8, 4) is 0 Å². The second kappa shape index (κ2) is 6.25. The zero-order valence-electron chi connectivity index (χ0n) is 10.6. The summed E-state index contributed by atoms with van der Waals surface area (Å²) >= 11 is 0. The quantitative estimate of drug-likeness (QED) is 0.850. The van der Waals surface area contributed by atoms with Crippen LogP contribution in [0.5, 0.6) is 0 Å². The number of anilines is 2. The summed E-state index contributed by atoms with van der Waals surface area (Å²) in [7, 11) is 0. The molecule has 0 saturated heterocycles. The van der Waals surface area contributed by atoms with E-state index < -0.39 is 29.2 Å². The van der Waals surface area contributed by atoms with Gasteiger partial charge in [-0.25, -0.2) is 17.6 Å². The number of hydrogen-bond donors (Lipinski definition) is 2. The van der Waals surface area contributed by atoms with E-state index in [1.807, 2.05) is 0 Å². The minimum absolute atomic E-state index is 0.0512. The summed E-state index contributed by atoms with van der Waals surface area (Å²) in [6, 6.07) is 5.28. The molecule has 3 nitrogen and oxygen atoms in total. The molecule has 0 bridgehead atoms. The summed E-state index contributed by atoms with van der Waals surface area (Å²) in [4.78, 5) is 11.6. The van der Waals surface area contributed by atoms with Crippen molar-refractivity contribution in [3.63, 3.8) is 0 Å². The van der Waals surface area contributed by atoms with Crippen LogP contribution in [-0.2, 0) is 4.79 Å². The van der Waals surface area contributed by atoms with Gasteiger partial charge in [0.05, 0.1) is 6.54 Å². The van der Waals surface area contributed by atoms with Crippen LogP contribution in [0.1, 0.15) is 0 Å². The van der Waals surface area contributed by atoms with Crippen LogP contribution in [-0.4, -0.2) is 12.5 Å². The Morgan fingerprint density at radius 2 is 1.19 bits per heavy atom. The molecule has 7 heteroatoms. The second-order valence-corrected chi connectivity index (χ2v) is 4.22. The Hall–Kier alpha value is -2.57. The first-order chi connectivity index (χ1) is 9.92. The summed E-state index contributed by atoms with van der Waals surface area (Å²) in [6.45, 7) is -0.318. The number of carbonyl (C=O) groups excluding carboxylic acids is 1. The molecular formula is C14H10F4N2O. The highest BCUT2D eigenvalue weighted by atomic mass is 19.1. The molecule has 0 fully saturated rings. The molecule has 21 heavy (non-hydrogen) atoms. The van der Waals surface area contributed by atoms with E-state index in [4.69, 9.17) is 0 Å². The zero-order valence-corrected chi connectivity index (χ0v) is 10.6. The predicted octanol–water partition coefficient (Wildman–Crippen LogP) is 3.29. The number of amides is 1. The summed E-state index contributed by atoms with van der Waals surface area (Å²) in [5.74, 6) is -3.85. The highest BCUT2D eigenvalue weighted by Gasteiger charge is 2.06. The van der Waals surface area contributed by atoms with Crippen LogP contribution in [0.4, 0.5) is 28.9 Å². The van der Waals surface area contributed by atoms with Crippen LogP contribution < -0.4 is 10.6 Å². The van der Waals surface area contributed by atoms with Gasteiger partial charge in [0.25, 0.3) is 0 Å². The van der Waals surface area contributed by atoms with Crippen molar-refractivity contribution < 1.29 is 22.4 Å². The smallest absolute Gasteiger partial charge is 0.243 e. The number of hydrogen-bond acceptors (Lipinski definition) is 2. The predicted molar refractivity (Wildman–Crippen MR) is 69.8 cm³/mol. The molecule has 0 aromatic heterocycles. The lowest BCUT2D eigenvalue weighted by Crippen LogP contribution is -2.22. The largest absolute Gasteiger partial charge is 0.376 e. The van der Waals surface area contributed by atoms with Crippen LogP contribution >= 0.6 is 0 Å². The highest BCUT2D eigenvalue weighted by Crippen LogP contribution is 2.14. The van der Waals surface area contributed by atoms with E-state index >= 15 is 0 Å². The van der Waals surface area contributed by atoms with Gasteiger partial charge >= 0.3 is 0 Å². The molecule has 2 rings (SSSR count). The first kappa shape index (κ1) is 14.8. The Morgan fingerprint density at radius 3 is 1.67 bits per heavy atom. The molecule has 0 unspecified atom stereocenters. The van der Waals surface area contributed by atoms with Crippen LogP contribution in [0.3, 0.4) is 0 Å². The van der Waals surface area contributed by atoms with Crippen LogP contribution in [0.25, 0.3) is 0 Å². The van der Waals surface area contributed by atoms with Gasteiger partial charge in [-0.1, -0.05) is 0 Å². The first-order valence-corrected chi connectivity index (χ1v) is 5.88. The number of rotatable bonds is 4. The fourth-order valence-corrected chi connectivity index (χ4v) is 1.67. The molecule has 2 aromatic carbocycles. The molecule has 0 aliphatic carbocycles. The third kappa shape index (κ3) is 4.48. The van der Waals surface area contributed by atoms with Gasteiger partial charge in [0.1, 0.15) is 23.3 Å². The summed E-state index contributed by atoms with van der Waals surface area (Å²) in [5, 5.41) is 4.75. The van der Waals surface area contributed by atoms with Crippen LogP contribution in [0, 0.1) is 23.3 Å². The average Bonchev–Trinajstić information content (AvgIpc) is 2.34. The monoisotopic (exact) mass is 298 g/mol.